The third-order valence-electron chi connectivity index (χ3n) is 2.13. The number of nitriles is 1. The van der Waals surface area contributed by atoms with Gasteiger partial charge in [-0.05, 0) is 24.1 Å². The Labute approximate surface area is 112 Å². The van der Waals surface area contributed by atoms with Gasteiger partial charge in [0.25, 0.3) is 5.91 Å². The predicted molar refractivity (Wildman–Crippen MR) is 69.5 cm³/mol. The Bertz CT molecular complexity index is 467. The molecule has 0 saturated heterocycles. The monoisotopic (exact) mass is 266 g/mol. The molecule has 1 amide bonds. The van der Waals surface area contributed by atoms with Gasteiger partial charge in [-0.3, -0.25) is 4.79 Å². The lowest BCUT2D eigenvalue weighted by Crippen LogP contribution is -2.31. The molecule has 0 atom stereocenters. The maximum Gasteiger partial charge on any atom is 0.257 e. The summed E-state index contributed by atoms with van der Waals surface area (Å²) in [5.41, 5.74) is 0.455. The molecule has 0 fully saturated rings. The molecule has 1 rings (SSSR count). The van der Waals surface area contributed by atoms with E-state index in [-0.39, 0.29) is 12.5 Å². The summed E-state index contributed by atoms with van der Waals surface area (Å²) in [6, 6.07) is 6.65. The highest BCUT2D eigenvalue weighted by atomic mass is 35.5. The number of hydrogen-bond donors (Lipinski definition) is 1. The Morgan fingerprint density at radius 1 is 1.56 bits per heavy atom. The van der Waals surface area contributed by atoms with Crippen LogP contribution in [0.25, 0.3) is 0 Å². The van der Waals surface area contributed by atoms with Gasteiger partial charge in [-0.2, -0.15) is 5.26 Å². The summed E-state index contributed by atoms with van der Waals surface area (Å²) < 4.78 is 5.28. The molecule has 0 heterocycles. The van der Waals surface area contributed by atoms with Crippen LogP contribution in [-0.2, 0) is 4.79 Å². The SMILES string of the molecule is CC(C)CNC(=O)COc1ccc(C#N)cc1Cl. The standard InChI is InChI=1S/C13H15ClN2O2/c1-9(2)7-16-13(17)8-18-12-4-3-10(6-15)5-11(12)14/h3-5,9H,7-8H2,1-2H3,(H,16,17). The maximum absolute atomic E-state index is 11.4. The van der Waals surface area contributed by atoms with E-state index in [1.807, 2.05) is 19.9 Å². The lowest BCUT2D eigenvalue weighted by molar-refractivity contribution is -0.123. The molecule has 0 radical (unpaired) electrons. The molecule has 0 aliphatic carbocycles. The van der Waals surface area contributed by atoms with Gasteiger partial charge in [0.1, 0.15) is 5.75 Å². The van der Waals surface area contributed by atoms with Gasteiger partial charge >= 0.3 is 0 Å². The fraction of sp³-hybridized carbons (Fsp3) is 0.385. The Morgan fingerprint density at radius 2 is 2.28 bits per heavy atom. The second-order valence-corrected chi connectivity index (χ2v) is 4.65. The molecule has 0 saturated carbocycles. The molecule has 18 heavy (non-hydrogen) atoms. The summed E-state index contributed by atoms with van der Waals surface area (Å²) in [4.78, 5) is 11.4. The number of nitrogens with one attached hydrogen (secondary N) is 1. The molecule has 1 N–H and O–H groups in total. The number of amides is 1. The Kier molecular flexibility index (Phi) is 5.47. The topological polar surface area (TPSA) is 62.1 Å². The number of rotatable bonds is 5. The van der Waals surface area contributed by atoms with E-state index < -0.39 is 0 Å². The molecular formula is C13H15ClN2O2. The average molecular weight is 267 g/mol. The number of ether oxygens (including phenoxy) is 1. The number of hydrogen-bond acceptors (Lipinski definition) is 3. The highest BCUT2D eigenvalue weighted by Gasteiger charge is 2.07. The van der Waals surface area contributed by atoms with Crippen molar-refractivity contribution in [1.29, 1.82) is 5.26 Å². The van der Waals surface area contributed by atoms with Crippen molar-refractivity contribution in [2.45, 2.75) is 13.8 Å². The van der Waals surface area contributed by atoms with Gasteiger partial charge in [0.2, 0.25) is 0 Å². The normalized spacial score (nSPS) is 9.94. The van der Waals surface area contributed by atoms with Gasteiger partial charge in [-0.15, -0.1) is 0 Å². The van der Waals surface area contributed by atoms with E-state index in [1.165, 1.54) is 6.07 Å². The van der Waals surface area contributed by atoms with Crippen LogP contribution >= 0.6 is 11.6 Å². The summed E-state index contributed by atoms with van der Waals surface area (Å²) in [6.07, 6.45) is 0. The summed E-state index contributed by atoms with van der Waals surface area (Å²) >= 11 is 5.91. The minimum Gasteiger partial charge on any atom is -0.482 e. The molecule has 96 valence electrons. The van der Waals surface area contributed by atoms with Crippen molar-refractivity contribution >= 4 is 17.5 Å². The zero-order valence-electron chi connectivity index (χ0n) is 10.4. The second kappa shape index (κ2) is 6.87. The van der Waals surface area contributed by atoms with Crippen molar-refractivity contribution < 1.29 is 9.53 Å². The van der Waals surface area contributed by atoms with Crippen LogP contribution < -0.4 is 10.1 Å². The number of halogens is 1. The van der Waals surface area contributed by atoms with Crippen molar-refractivity contribution in [3.8, 4) is 11.8 Å². The van der Waals surface area contributed by atoms with Crippen LogP contribution in [0.2, 0.25) is 5.02 Å². The molecule has 0 bridgehead atoms. The first-order chi connectivity index (χ1) is 8.52. The molecule has 0 unspecified atom stereocenters. The van der Waals surface area contributed by atoms with E-state index in [0.717, 1.165) is 0 Å². The molecule has 5 heteroatoms. The van der Waals surface area contributed by atoms with Gasteiger partial charge in [-0.1, -0.05) is 25.4 Å². The van der Waals surface area contributed by atoms with E-state index in [2.05, 4.69) is 5.32 Å². The van der Waals surface area contributed by atoms with E-state index in [0.29, 0.717) is 28.8 Å². The van der Waals surface area contributed by atoms with Crippen molar-refractivity contribution in [2.75, 3.05) is 13.2 Å². The van der Waals surface area contributed by atoms with Gasteiger partial charge in [0.15, 0.2) is 6.61 Å². The molecule has 1 aromatic carbocycles. The summed E-state index contributed by atoms with van der Waals surface area (Å²) in [6.45, 7) is 4.55. The minimum atomic E-state index is -0.191. The lowest BCUT2D eigenvalue weighted by atomic mass is 10.2. The van der Waals surface area contributed by atoms with E-state index in [9.17, 15) is 4.79 Å². The van der Waals surface area contributed by atoms with E-state index >= 15 is 0 Å². The summed E-state index contributed by atoms with van der Waals surface area (Å²) in [5.74, 6) is 0.604. The smallest absolute Gasteiger partial charge is 0.257 e. The minimum absolute atomic E-state index is 0.0850. The third-order valence-corrected chi connectivity index (χ3v) is 2.42. The van der Waals surface area contributed by atoms with Crippen LogP contribution in [0.4, 0.5) is 0 Å². The Hall–Kier alpha value is -1.73. The Morgan fingerprint density at radius 3 is 2.83 bits per heavy atom. The first kappa shape index (κ1) is 14.3. The van der Waals surface area contributed by atoms with E-state index in [1.54, 1.807) is 12.1 Å². The van der Waals surface area contributed by atoms with Crippen LogP contribution in [-0.4, -0.2) is 19.1 Å². The fourth-order valence-electron chi connectivity index (χ4n) is 1.20. The molecule has 0 aliphatic rings. The Balaban J connectivity index is 2.49. The number of carbonyl (C=O) groups excluding carboxylic acids is 1. The van der Waals surface area contributed by atoms with Crippen molar-refractivity contribution in [3.05, 3.63) is 28.8 Å². The fourth-order valence-corrected chi connectivity index (χ4v) is 1.43. The number of nitrogens with zero attached hydrogens (tertiary/aromatic N) is 1. The van der Waals surface area contributed by atoms with Crippen molar-refractivity contribution in [3.63, 3.8) is 0 Å². The largest absolute Gasteiger partial charge is 0.482 e. The number of benzene rings is 1. The van der Waals surface area contributed by atoms with Crippen LogP contribution in [0.15, 0.2) is 18.2 Å². The van der Waals surface area contributed by atoms with Gasteiger partial charge in [0.05, 0.1) is 16.7 Å². The van der Waals surface area contributed by atoms with Crippen LogP contribution in [0.5, 0.6) is 5.75 Å². The zero-order valence-corrected chi connectivity index (χ0v) is 11.1. The van der Waals surface area contributed by atoms with Crippen molar-refractivity contribution in [1.82, 2.24) is 5.32 Å². The molecule has 0 aliphatic heterocycles. The van der Waals surface area contributed by atoms with Gasteiger partial charge in [0, 0.05) is 6.54 Å². The quantitative estimate of drug-likeness (QED) is 0.890. The second-order valence-electron chi connectivity index (χ2n) is 4.24. The first-order valence-electron chi connectivity index (χ1n) is 5.62. The van der Waals surface area contributed by atoms with Crippen LogP contribution in [0.1, 0.15) is 19.4 Å². The highest BCUT2D eigenvalue weighted by molar-refractivity contribution is 6.32. The molecule has 4 nitrogen and oxygen atoms in total. The van der Waals surface area contributed by atoms with E-state index in [4.69, 9.17) is 21.6 Å². The molecule has 1 aromatic rings. The lowest BCUT2D eigenvalue weighted by Gasteiger charge is -2.10. The van der Waals surface area contributed by atoms with Crippen LogP contribution in [0.3, 0.4) is 0 Å². The molecular weight excluding hydrogens is 252 g/mol. The maximum atomic E-state index is 11.4. The van der Waals surface area contributed by atoms with Crippen LogP contribution in [0, 0.1) is 17.2 Å². The molecule has 0 aromatic heterocycles. The summed E-state index contributed by atoms with van der Waals surface area (Å²) in [5, 5.41) is 11.7. The highest BCUT2D eigenvalue weighted by Crippen LogP contribution is 2.24. The van der Waals surface area contributed by atoms with Crippen molar-refractivity contribution in [2.24, 2.45) is 5.92 Å². The predicted octanol–water partition coefficient (Wildman–Crippen LogP) is 2.36. The first-order valence-corrected chi connectivity index (χ1v) is 6.00. The van der Waals surface area contributed by atoms with Gasteiger partial charge < -0.3 is 10.1 Å². The third kappa shape index (κ3) is 4.64. The number of carbonyl (C=O) groups is 1. The van der Waals surface area contributed by atoms with Gasteiger partial charge in [-0.25, -0.2) is 0 Å². The average Bonchev–Trinajstić information content (AvgIpc) is 2.34. The summed E-state index contributed by atoms with van der Waals surface area (Å²) in [7, 11) is 0. The zero-order chi connectivity index (χ0) is 13.5. The molecule has 0 spiro atoms.